The molecule has 0 amide bonds. The quantitative estimate of drug-likeness (QED) is 0.387. The molecule has 0 rings (SSSR count). The van der Waals surface area contributed by atoms with Crippen molar-refractivity contribution >= 4 is 17.7 Å². The third-order valence-corrected chi connectivity index (χ3v) is 4.01. The van der Waals surface area contributed by atoms with E-state index in [1.54, 1.807) is 18.9 Å². The summed E-state index contributed by atoms with van der Waals surface area (Å²) in [7, 11) is 3.54. The average Bonchev–Trinajstić information content (AvgIpc) is 2.38. The monoisotopic (exact) mass is 323 g/mol. The molecule has 0 radical (unpaired) electrons. The van der Waals surface area contributed by atoms with Crippen LogP contribution in [0.4, 0.5) is 0 Å². The van der Waals surface area contributed by atoms with Crippen molar-refractivity contribution in [3.8, 4) is 0 Å². The van der Waals surface area contributed by atoms with Gasteiger partial charge in [0.25, 0.3) is 0 Å². The number of hydrogen-bond acceptors (Lipinski definition) is 6. The zero-order valence-electron chi connectivity index (χ0n) is 13.6. The van der Waals surface area contributed by atoms with E-state index in [-0.39, 0.29) is 11.2 Å². The second kappa shape index (κ2) is 12.2. The number of hydroxylamine groups is 2. The number of ether oxygens (including phenoxy) is 2. The molecular formula is C14H29NO5S. The minimum Gasteiger partial charge on any atom is -0.481 e. The summed E-state index contributed by atoms with van der Waals surface area (Å²) in [5.41, 5.74) is 0. The van der Waals surface area contributed by atoms with E-state index in [0.717, 1.165) is 12.3 Å². The smallest absolute Gasteiger partial charge is 0.303 e. The second-order valence-corrected chi connectivity index (χ2v) is 7.13. The summed E-state index contributed by atoms with van der Waals surface area (Å²) in [5.74, 6) is 0.107. The molecule has 0 bridgehead atoms. The average molecular weight is 323 g/mol. The van der Waals surface area contributed by atoms with Gasteiger partial charge in [0.2, 0.25) is 0 Å². The number of hydrogen-bond donors (Lipinski definition) is 1. The minimum absolute atomic E-state index is 0.0180. The van der Waals surface area contributed by atoms with Gasteiger partial charge in [0.1, 0.15) is 0 Å². The second-order valence-electron chi connectivity index (χ2n) is 5.33. The topological polar surface area (TPSA) is 68.2 Å². The van der Waals surface area contributed by atoms with Gasteiger partial charge in [-0.05, 0) is 26.0 Å². The maximum atomic E-state index is 10.5. The Morgan fingerprint density at radius 3 is 2.52 bits per heavy atom. The van der Waals surface area contributed by atoms with E-state index in [1.807, 2.05) is 12.1 Å². The number of rotatable bonds is 14. The number of nitrogens with zero attached hydrogens (tertiary/aromatic N) is 1. The van der Waals surface area contributed by atoms with Crippen LogP contribution in [0, 0.1) is 0 Å². The third-order valence-electron chi connectivity index (χ3n) is 2.60. The summed E-state index contributed by atoms with van der Waals surface area (Å²) in [5, 5.41) is 10.4. The molecule has 21 heavy (non-hydrogen) atoms. The summed E-state index contributed by atoms with van der Waals surface area (Å²) in [6.45, 7) is 7.26. The molecule has 0 aliphatic carbocycles. The molecular weight excluding hydrogens is 294 g/mol. The molecule has 0 aromatic carbocycles. The predicted molar refractivity (Wildman–Crippen MR) is 84.7 cm³/mol. The fraction of sp³-hybridized carbons (Fsp3) is 0.929. The molecule has 7 heteroatoms. The molecule has 0 saturated carbocycles. The van der Waals surface area contributed by atoms with E-state index in [2.05, 4.69) is 13.8 Å². The van der Waals surface area contributed by atoms with Crippen LogP contribution in [-0.4, -0.2) is 73.8 Å². The Morgan fingerprint density at radius 2 is 1.90 bits per heavy atom. The lowest BCUT2D eigenvalue weighted by atomic mass is 10.2. The Morgan fingerprint density at radius 1 is 1.24 bits per heavy atom. The van der Waals surface area contributed by atoms with E-state index >= 15 is 0 Å². The summed E-state index contributed by atoms with van der Waals surface area (Å²) in [4.78, 5) is 16.0. The Hall–Kier alpha value is -0.340. The van der Waals surface area contributed by atoms with Crippen LogP contribution in [0.25, 0.3) is 0 Å². The van der Waals surface area contributed by atoms with Gasteiger partial charge in [-0.25, -0.2) is 0 Å². The van der Waals surface area contributed by atoms with Crippen LogP contribution in [0.15, 0.2) is 0 Å². The van der Waals surface area contributed by atoms with Gasteiger partial charge >= 0.3 is 5.97 Å². The molecule has 0 fully saturated rings. The van der Waals surface area contributed by atoms with Gasteiger partial charge in [-0.2, -0.15) is 16.8 Å². The Balaban J connectivity index is 3.65. The van der Waals surface area contributed by atoms with Crippen LogP contribution in [0.3, 0.4) is 0 Å². The number of carboxylic acids is 1. The fourth-order valence-corrected chi connectivity index (χ4v) is 2.81. The lowest BCUT2D eigenvalue weighted by Gasteiger charge is -2.29. The van der Waals surface area contributed by atoms with Gasteiger partial charge in [-0.1, -0.05) is 0 Å². The van der Waals surface area contributed by atoms with Crippen molar-refractivity contribution in [3.05, 3.63) is 0 Å². The predicted octanol–water partition coefficient (Wildman–Crippen LogP) is 1.89. The highest BCUT2D eigenvalue weighted by atomic mass is 32.2. The van der Waals surface area contributed by atoms with Crippen LogP contribution < -0.4 is 0 Å². The normalized spacial score (nSPS) is 12.0. The number of thioether (sulfide) groups is 1. The van der Waals surface area contributed by atoms with Crippen molar-refractivity contribution in [2.24, 2.45) is 0 Å². The first-order valence-electron chi connectivity index (χ1n) is 7.14. The van der Waals surface area contributed by atoms with Crippen LogP contribution in [0.5, 0.6) is 0 Å². The Bertz CT molecular complexity index is 276. The van der Waals surface area contributed by atoms with Crippen molar-refractivity contribution < 1.29 is 24.2 Å². The molecule has 0 aromatic rings. The van der Waals surface area contributed by atoms with Gasteiger partial charge in [0.05, 0.1) is 26.4 Å². The molecule has 126 valence electrons. The standard InChI is InChI=1S/C14H29NO5S/c1-14(2,21-11-5-6-13(16)17)12-15(3)20-10-9-19-8-7-18-4/h5-12H2,1-4H3,(H,16,17). The van der Waals surface area contributed by atoms with Gasteiger partial charge in [-0.15, -0.1) is 0 Å². The number of aliphatic carboxylic acids is 1. The summed E-state index contributed by atoms with van der Waals surface area (Å²) in [6, 6.07) is 0. The Labute approximate surface area is 132 Å². The van der Waals surface area contributed by atoms with E-state index in [4.69, 9.17) is 19.4 Å². The van der Waals surface area contributed by atoms with Gasteiger partial charge in [-0.3, -0.25) is 9.63 Å². The molecule has 0 aliphatic heterocycles. The first-order valence-corrected chi connectivity index (χ1v) is 8.12. The van der Waals surface area contributed by atoms with E-state index in [0.29, 0.717) is 32.8 Å². The Kier molecular flexibility index (Phi) is 12.0. The van der Waals surface area contributed by atoms with Crippen molar-refractivity contribution in [1.29, 1.82) is 0 Å². The summed E-state index contributed by atoms with van der Waals surface area (Å²) < 4.78 is 10.2. The van der Waals surface area contributed by atoms with Gasteiger partial charge in [0, 0.05) is 31.9 Å². The SMILES string of the molecule is COCCOCCON(C)CC(C)(C)SCCCC(=O)O. The zero-order valence-corrected chi connectivity index (χ0v) is 14.4. The molecule has 0 saturated heterocycles. The maximum absolute atomic E-state index is 10.5. The fourth-order valence-electron chi connectivity index (χ4n) is 1.70. The molecule has 0 aromatic heterocycles. The lowest BCUT2D eigenvalue weighted by Crippen LogP contribution is -2.35. The molecule has 0 spiro atoms. The van der Waals surface area contributed by atoms with Crippen LogP contribution >= 0.6 is 11.8 Å². The van der Waals surface area contributed by atoms with E-state index in [9.17, 15) is 4.79 Å². The van der Waals surface area contributed by atoms with Crippen molar-refractivity contribution in [1.82, 2.24) is 5.06 Å². The highest BCUT2D eigenvalue weighted by molar-refractivity contribution is 8.00. The molecule has 0 atom stereocenters. The van der Waals surface area contributed by atoms with Crippen LogP contribution in [0.1, 0.15) is 26.7 Å². The largest absolute Gasteiger partial charge is 0.481 e. The first-order chi connectivity index (χ1) is 9.87. The molecule has 0 unspecified atom stereocenters. The zero-order chi connectivity index (χ0) is 16.1. The summed E-state index contributed by atoms with van der Waals surface area (Å²) in [6.07, 6.45) is 0.926. The first kappa shape index (κ1) is 20.7. The highest BCUT2D eigenvalue weighted by Crippen LogP contribution is 2.26. The third kappa shape index (κ3) is 14.4. The van der Waals surface area contributed by atoms with E-state index in [1.165, 1.54) is 0 Å². The number of carbonyl (C=O) groups is 1. The van der Waals surface area contributed by atoms with Crippen LogP contribution in [-0.2, 0) is 19.1 Å². The van der Waals surface area contributed by atoms with E-state index < -0.39 is 5.97 Å². The molecule has 1 N–H and O–H groups in total. The summed E-state index contributed by atoms with van der Waals surface area (Å²) >= 11 is 1.77. The van der Waals surface area contributed by atoms with Crippen LogP contribution in [0.2, 0.25) is 0 Å². The van der Waals surface area contributed by atoms with Crippen molar-refractivity contribution in [3.63, 3.8) is 0 Å². The highest BCUT2D eigenvalue weighted by Gasteiger charge is 2.21. The molecule has 0 heterocycles. The van der Waals surface area contributed by atoms with Gasteiger partial charge < -0.3 is 14.6 Å². The number of carboxylic acid groups (broad SMARTS) is 1. The molecule has 6 nitrogen and oxygen atoms in total. The lowest BCUT2D eigenvalue weighted by molar-refractivity contribution is -0.155. The van der Waals surface area contributed by atoms with Gasteiger partial charge in [0.15, 0.2) is 0 Å². The minimum atomic E-state index is -0.734. The van der Waals surface area contributed by atoms with Crippen molar-refractivity contribution in [2.45, 2.75) is 31.4 Å². The molecule has 0 aliphatic rings. The maximum Gasteiger partial charge on any atom is 0.303 e. The number of methoxy groups -OCH3 is 1. The van der Waals surface area contributed by atoms with Crippen molar-refractivity contribution in [2.75, 3.05) is 52.9 Å².